The molecular weight excluding hydrogens is 375 g/mol. The quantitative estimate of drug-likeness (QED) is 0.485. The number of hydrogen-bond donors (Lipinski definition) is 0. The number of nitrogens with zero attached hydrogens (tertiary/aromatic N) is 3. The summed E-state index contributed by atoms with van der Waals surface area (Å²) in [5, 5.41) is 0. The molecule has 4 nitrogen and oxygen atoms in total. The molecular formula is C16H10IN3O. The third-order valence-electron chi connectivity index (χ3n) is 3.31. The van der Waals surface area contributed by atoms with Crippen LogP contribution in [0.5, 0.6) is 0 Å². The van der Waals surface area contributed by atoms with Crippen LogP contribution in [-0.2, 0) is 0 Å². The second kappa shape index (κ2) is 5.00. The number of benzene rings is 1. The molecule has 0 aliphatic rings. The van der Waals surface area contributed by atoms with E-state index >= 15 is 0 Å². The summed E-state index contributed by atoms with van der Waals surface area (Å²) in [5.74, 6) is 0.770. The van der Waals surface area contributed by atoms with Gasteiger partial charge >= 0.3 is 0 Å². The monoisotopic (exact) mass is 385 g/mol. The standard InChI is InChI=1S/C16H10IN3O/c17-13-5-6-16-19-14(9-20(16)8-13)11-1-3-12(4-2-11)15-7-18-10-21-15/h1-10H/i17-2. The van der Waals surface area contributed by atoms with Gasteiger partial charge in [0, 0.05) is 27.1 Å². The fraction of sp³-hybridized carbons (Fsp3) is 0. The van der Waals surface area contributed by atoms with Crippen molar-refractivity contribution in [3.63, 3.8) is 0 Å². The molecule has 102 valence electrons. The Morgan fingerprint density at radius 1 is 0.952 bits per heavy atom. The molecule has 0 radical (unpaired) electrons. The Morgan fingerprint density at radius 2 is 1.76 bits per heavy atom. The van der Waals surface area contributed by atoms with Gasteiger partial charge in [-0.2, -0.15) is 0 Å². The van der Waals surface area contributed by atoms with Gasteiger partial charge < -0.3 is 8.82 Å². The summed E-state index contributed by atoms with van der Waals surface area (Å²) in [6.45, 7) is 0. The van der Waals surface area contributed by atoms with E-state index in [1.165, 1.54) is 9.96 Å². The summed E-state index contributed by atoms with van der Waals surface area (Å²) in [7, 11) is 0. The smallest absolute Gasteiger partial charge is 0.181 e. The summed E-state index contributed by atoms with van der Waals surface area (Å²) in [5.41, 5.74) is 4.00. The molecule has 0 amide bonds. The number of halogens is 1. The molecule has 21 heavy (non-hydrogen) atoms. The van der Waals surface area contributed by atoms with Gasteiger partial charge in [-0.15, -0.1) is 0 Å². The zero-order valence-electron chi connectivity index (χ0n) is 10.9. The van der Waals surface area contributed by atoms with Crippen LogP contribution < -0.4 is 0 Å². The lowest BCUT2D eigenvalue weighted by Gasteiger charge is -1.98. The van der Waals surface area contributed by atoms with Gasteiger partial charge in [-0.3, -0.25) is 0 Å². The SMILES string of the molecule is [125I]c1ccc2nc(-c3ccc(-c4cnco4)cc3)cn2c1. The second-order valence-corrected chi connectivity index (χ2v) is 5.93. The average molecular weight is 385 g/mol. The van der Waals surface area contributed by atoms with Crippen molar-refractivity contribution in [3.8, 4) is 22.6 Å². The Bertz CT molecular complexity index is 895. The van der Waals surface area contributed by atoms with Crippen molar-refractivity contribution in [1.29, 1.82) is 0 Å². The minimum atomic E-state index is 0.770. The van der Waals surface area contributed by atoms with Gasteiger partial charge in [-0.1, -0.05) is 24.3 Å². The van der Waals surface area contributed by atoms with Gasteiger partial charge in [0.05, 0.1) is 11.9 Å². The van der Waals surface area contributed by atoms with E-state index in [9.17, 15) is 0 Å². The molecule has 4 aromatic rings. The van der Waals surface area contributed by atoms with Crippen LogP contribution in [0, 0.1) is 3.57 Å². The Morgan fingerprint density at radius 3 is 2.52 bits per heavy atom. The lowest BCUT2D eigenvalue weighted by molar-refractivity contribution is 0.572. The number of oxazole rings is 1. The minimum absolute atomic E-state index is 0.770. The first kappa shape index (κ1) is 12.6. The van der Waals surface area contributed by atoms with Crippen LogP contribution >= 0.6 is 22.6 Å². The van der Waals surface area contributed by atoms with Crippen LogP contribution in [-0.4, -0.2) is 14.4 Å². The van der Waals surface area contributed by atoms with E-state index in [-0.39, 0.29) is 0 Å². The van der Waals surface area contributed by atoms with Gasteiger partial charge in [0.2, 0.25) is 0 Å². The Labute approximate surface area is 134 Å². The molecule has 0 unspecified atom stereocenters. The van der Waals surface area contributed by atoms with Crippen molar-refractivity contribution in [2.45, 2.75) is 0 Å². The predicted molar refractivity (Wildman–Crippen MR) is 88.8 cm³/mol. The first-order valence-electron chi connectivity index (χ1n) is 6.43. The van der Waals surface area contributed by atoms with Crippen molar-refractivity contribution in [1.82, 2.24) is 14.4 Å². The predicted octanol–water partition coefficient (Wildman–Crippen LogP) is 4.26. The van der Waals surface area contributed by atoms with E-state index in [1.54, 1.807) is 6.20 Å². The van der Waals surface area contributed by atoms with Crippen LogP contribution in [0.3, 0.4) is 0 Å². The molecule has 0 bridgehead atoms. The molecule has 0 saturated heterocycles. The highest BCUT2D eigenvalue weighted by atomic mass is 125. The maximum Gasteiger partial charge on any atom is 0.181 e. The molecule has 4 rings (SSSR count). The first-order chi connectivity index (χ1) is 10.3. The fourth-order valence-electron chi connectivity index (χ4n) is 2.27. The maximum absolute atomic E-state index is 5.29. The van der Waals surface area contributed by atoms with Gasteiger partial charge in [0.15, 0.2) is 12.2 Å². The molecule has 3 heterocycles. The highest BCUT2D eigenvalue weighted by Crippen LogP contribution is 2.24. The van der Waals surface area contributed by atoms with Crippen LogP contribution in [0.1, 0.15) is 0 Å². The number of hydrogen-bond acceptors (Lipinski definition) is 3. The Kier molecular flexibility index (Phi) is 2.99. The summed E-state index contributed by atoms with van der Waals surface area (Å²) in [4.78, 5) is 8.57. The van der Waals surface area contributed by atoms with Crippen molar-refractivity contribution < 1.29 is 4.42 Å². The second-order valence-electron chi connectivity index (χ2n) is 4.68. The van der Waals surface area contributed by atoms with E-state index in [2.05, 4.69) is 44.8 Å². The Hall–Kier alpha value is -2.15. The normalized spacial score (nSPS) is 11.1. The van der Waals surface area contributed by atoms with Gasteiger partial charge in [-0.05, 0) is 34.7 Å². The van der Waals surface area contributed by atoms with Gasteiger partial charge in [0.1, 0.15) is 5.65 Å². The summed E-state index contributed by atoms with van der Waals surface area (Å²) >= 11 is 2.30. The molecule has 0 saturated carbocycles. The molecule has 5 heteroatoms. The molecule has 1 aromatic carbocycles. The van der Waals surface area contributed by atoms with Gasteiger partial charge in [0.25, 0.3) is 0 Å². The lowest BCUT2D eigenvalue weighted by Crippen LogP contribution is -1.82. The van der Waals surface area contributed by atoms with E-state index < -0.39 is 0 Å². The average Bonchev–Trinajstić information content (AvgIpc) is 3.16. The summed E-state index contributed by atoms with van der Waals surface area (Å²) < 4.78 is 8.52. The van der Waals surface area contributed by atoms with E-state index in [4.69, 9.17) is 4.42 Å². The zero-order chi connectivity index (χ0) is 14.2. The van der Waals surface area contributed by atoms with E-state index in [0.717, 1.165) is 28.2 Å². The van der Waals surface area contributed by atoms with Crippen LogP contribution in [0.25, 0.3) is 28.2 Å². The van der Waals surface area contributed by atoms with Crippen LogP contribution in [0.15, 0.2) is 65.8 Å². The molecule has 0 aliphatic heterocycles. The number of aromatic nitrogens is 3. The topological polar surface area (TPSA) is 43.3 Å². The summed E-state index contributed by atoms with van der Waals surface area (Å²) in [6, 6.07) is 12.2. The fourth-order valence-corrected chi connectivity index (χ4v) is 2.75. The van der Waals surface area contributed by atoms with E-state index in [0.29, 0.717) is 0 Å². The molecule has 0 spiro atoms. The van der Waals surface area contributed by atoms with Gasteiger partial charge in [-0.25, -0.2) is 9.97 Å². The number of pyridine rings is 1. The van der Waals surface area contributed by atoms with Crippen molar-refractivity contribution in [2.75, 3.05) is 0 Å². The van der Waals surface area contributed by atoms with Crippen molar-refractivity contribution >= 4 is 28.2 Å². The van der Waals surface area contributed by atoms with Crippen LogP contribution in [0.4, 0.5) is 0 Å². The number of rotatable bonds is 2. The maximum atomic E-state index is 5.29. The molecule has 3 aromatic heterocycles. The Balaban J connectivity index is 1.74. The molecule has 0 atom stereocenters. The summed E-state index contributed by atoms with van der Waals surface area (Å²) in [6.07, 6.45) is 7.26. The highest BCUT2D eigenvalue weighted by Gasteiger charge is 2.06. The van der Waals surface area contributed by atoms with E-state index in [1.807, 2.05) is 40.9 Å². The first-order valence-corrected chi connectivity index (χ1v) is 7.51. The third-order valence-corrected chi connectivity index (χ3v) is 3.95. The number of fused-ring (bicyclic) bond motifs is 1. The van der Waals surface area contributed by atoms with Crippen LogP contribution in [0.2, 0.25) is 0 Å². The zero-order valence-corrected chi connectivity index (χ0v) is 13.1. The number of imidazole rings is 1. The molecule has 0 aliphatic carbocycles. The van der Waals surface area contributed by atoms with Crippen molar-refractivity contribution in [2.24, 2.45) is 0 Å². The largest absolute Gasteiger partial charge is 0.444 e. The molecule has 0 N–H and O–H groups in total. The lowest BCUT2D eigenvalue weighted by atomic mass is 10.1. The third kappa shape index (κ3) is 2.33. The minimum Gasteiger partial charge on any atom is -0.444 e. The van der Waals surface area contributed by atoms with Crippen molar-refractivity contribution in [3.05, 3.63) is 65.0 Å². The molecule has 0 fully saturated rings. The highest BCUT2D eigenvalue weighted by molar-refractivity contribution is 14.1.